The van der Waals surface area contributed by atoms with E-state index in [1.54, 1.807) is 7.05 Å². The first-order valence-corrected chi connectivity index (χ1v) is 3.76. The molecule has 0 aromatic rings. The molecule has 0 bridgehead atoms. The molecule has 0 aliphatic carbocycles. The van der Waals surface area contributed by atoms with Gasteiger partial charge in [0, 0.05) is 13.6 Å². The van der Waals surface area contributed by atoms with Crippen LogP contribution in [-0.2, 0) is 0 Å². The van der Waals surface area contributed by atoms with Gasteiger partial charge in [0.15, 0.2) is 0 Å². The number of carbonyl (C=O) groups is 1. The van der Waals surface area contributed by atoms with E-state index in [9.17, 15) is 4.79 Å². The van der Waals surface area contributed by atoms with E-state index in [1.165, 1.54) is 4.90 Å². The molecule has 2 amide bonds. The van der Waals surface area contributed by atoms with E-state index in [-0.39, 0.29) is 6.03 Å². The van der Waals surface area contributed by atoms with Crippen LogP contribution in [0.15, 0.2) is 0 Å². The van der Waals surface area contributed by atoms with E-state index < -0.39 is 0 Å². The Kier molecular flexibility index (Phi) is 4.52. The van der Waals surface area contributed by atoms with Gasteiger partial charge in [-0.05, 0) is 6.92 Å². The number of likely N-dealkylation sites (N-methyl/N-ethyl adjacent to an activating group) is 1. The summed E-state index contributed by atoms with van der Waals surface area (Å²) in [6.45, 7) is 2.79. The highest BCUT2D eigenvalue weighted by Gasteiger charge is 2.06. The summed E-state index contributed by atoms with van der Waals surface area (Å²) in [5.74, 6) is 0. The van der Waals surface area contributed by atoms with E-state index in [1.807, 2.05) is 6.92 Å². The summed E-state index contributed by atoms with van der Waals surface area (Å²) in [7, 11) is 1.64. The maximum atomic E-state index is 11.0. The fourth-order valence-electron chi connectivity index (χ4n) is 0.592. The summed E-state index contributed by atoms with van der Waals surface area (Å²) < 4.78 is 0. The molecule has 0 fully saturated rings. The van der Waals surface area contributed by atoms with Crippen molar-refractivity contribution in [1.29, 1.82) is 0 Å². The first-order valence-electron chi connectivity index (χ1n) is 3.35. The largest absolute Gasteiger partial charge is 0.392 e. The maximum Gasteiger partial charge on any atom is 0.317 e. The van der Waals surface area contributed by atoms with Crippen molar-refractivity contribution in [3.05, 3.63) is 0 Å². The molecule has 0 radical (unpaired) electrons. The zero-order chi connectivity index (χ0) is 8.85. The lowest BCUT2D eigenvalue weighted by atomic mass is 10.5. The van der Waals surface area contributed by atoms with Crippen LogP contribution in [0.4, 0.5) is 4.79 Å². The molecule has 0 aliphatic heterocycles. The van der Waals surface area contributed by atoms with Gasteiger partial charge in [-0.1, -0.05) is 12.2 Å². The smallest absolute Gasteiger partial charge is 0.317 e. The van der Waals surface area contributed by atoms with E-state index in [0.29, 0.717) is 18.1 Å². The second-order valence-electron chi connectivity index (χ2n) is 2.16. The second kappa shape index (κ2) is 4.90. The Morgan fingerprint density at radius 2 is 2.27 bits per heavy atom. The molecule has 0 saturated carbocycles. The van der Waals surface area contributed by atoms with Gasteiger partial charge in [-0.25, -0.2) is 4.79 Å². The summed E-state index contributed by atoms with van der Waals surface area (Å²) >= 11 is 4.63. The van der Waals surface area contributed by atoms with Gasteiger partial charge in [0.05, 0.1) is 11.5 Å². The standard InChI is InChI=1S/C6H13N3OS/c1-3-8-6(10)9(2)4-5(7)11/h3-4H2,1-2H3,(H2,7,11)(H,8,10). The van der Waals surface area contributed by atoms with Gasteiger partial charge in [0.25, 0.3) is 0 Å². The Morgan fingerprint density at radius 3 is 2.64 bits per heavy atom. The topological polar surface area (TPSA) is 58.4 Å². The van der Waals surface area contributed by atoms with Crippen LogP contribution < -0.4 is 11.1 Å². The zero-order valence-electron chi connectivity index (χ0n) is 6.76. The third-order valence-electron chi connectivity index (χ3n) is 1.07. The van der Waals surface area contributed by atoms with Gasteiger partial charge < -0.3 is 16.0 Å². The molecule has 0 aromatic carbocycles. The predicted octanol–water partition coefficient (Wildman–Crippen LogP) is -0.0662. The van der Waals surface area contributed by atoms with E-state index in [4.69, 9.17) is 5.73 Å². The molecule has 0 aromatic heterocycles. The number of carbonyl (C=O) groups excluding carboxylic acids is 1. The van der Waals surface area contributed by atoms with Crippen LogP contribution in [0.1, 0.15) is 6.92 Å². The van der Waals surface area contributed by atoms with Crippen LogP contribution in [0.5, 0.6) is 0 Å². The first kappa shape index (κ1) is 10.2. The highest BCUT2D eigenvalue weighted by molar-refractivity contribution is 7.80. The van der Waals surface area contributed by atoms with Gasteiger partial charge in [-0.3, -0.25) is 0 Å². The number of nitrogens with two attached hydrogens (primary N) is 1. The highest BCUT2D eigenvalue weighted by Crippen LogP contribution is 1.82. The normalized spacial score (nSPS) is 8.91. The lowest BCUT2D eigenvalue weighted by Gasteiger charge is -2.15. The molecule has 0 atom stereocenters. The van der Waals surface area contributed by atoms with Gasteiger partial charge >= 0.3 is 6.03 Å². The fraction of sp³-hybridized carbons (Fsp3) is 0.667. The summed E-state index contributed by atoms with van der Waals surface area (Å²) in [4.78, 5) is 12.7. The van der Waals surface area contributed by atoms with Crippen LogP contribution in [-0.4, -0.2) is 36.1 Å². The van der Waals surface area contributed by atoms with Gasteiger partial charge in [0.2, 0.25) is 0 Å². The second-order valence-corrected chi connectivity index (χ2v) is 2.68. The van der Waals surface area contributed by atoms with Crippen LogP contribution >= 0.6 is 12.2 Å². The maximum absolute atomic E-state index is 11.0. The predicted molar refractivity (Wildman–Crippen MR) is 48.5 cm³/mol. The first-order chi connectivity index (χ1) is 5.07. The highest BCUT2D eigenvalue weighted by atomic mass is 32.1. The lowest BCUT2D eigenvalue weighted by Crippen LogP contribution is -2.41. The zero-order valence-corrected chi connectivity index (χ0v) is 7.57. The average Bonchev–Trinajstić information content (AvgIpc) is 1.86. The van der Waals surface area contributed by atoms with E-state index in [0.717, 1.165) is 0 Å². The Bertz CT molecular complexity index is 160. The molecule has 11 heavy (non-hydrogen) atoms. The molecule has 0 saturated heterocycles. The summed E-state index contributed by atoms with van der Waals surface area (Å²) in [5.41, 5.74) is 5.24. The number of hydrogen-bond acceptors (Lipinski definition) is 2. The Labute approximate surface area is 71.7 Å². The quantitative estimate of drug-likeness (QED) is 0.590. The third-order valence-corrected chi connectivity index (χ3v) is 1.20. The fourth-order valence-corrected chi connectivity index (χ4v) is 0.785. The minimum absolute atomic E-state index is 0.152. The molecule has 0 unspecified atom stereocenters. The van der Waals surface area contributed by atoms with Crippen LogP contribution in [0, 0.1) is 0 Å². The van der Waals surface area contributed by atoms with Crippen molar-refractivity contribution < 1.29 is 4.79 Å². The van der Waals surface area contributed by atoms with E-state index in [2.05, 4.69) is 17.5 Å². The number of hydrogen-bond donors (Lipinski definition) is 2. The summed E-state index contributed by atoms with van der Waals surface area (Å²) in [5, 5.41) is 2.62. The molecular formula is C6H13N3OS. The SMILES string of the molecule is CCNC(=O)N(C)CC(N)=S. The van der Waals surface area contributed by atoms with Crippen molar-refractivity contribution in [3.63, 3.8) is 0 Å². The van der Waals surface area contributed by atoms with Crippen molar-refractivity contribution in [2.45, 2.75) is 6.92 Å². The molecule has 0 spiro atoms. The Morgan fingerprint density at radius 1 is 1.73 bits per heavy atom. The van der Waals surface area contributed by atoms with E-state index >= 15 is 0 Å². The van der Waals surface area contributed by atoms with Crippen LogP contribution in [0.2, 0.25) is 0 Å². The lowest BCUT2D eigenvalue weighted by molar-refractivity contribution is 0.215. The summed E-state index contributed by atoms with van der Waals surface area (Å²) in [6, 6.07) is -0.152. The molecule has 4 nitrogen and oxygen atoms in total. The third kappa shape index (κ3) is 4.55. The molecule has 3 N–H and O–H groups in total. The Balaban J connectivity index is 3.73. The van der Waals surface area contributed by atoms with Gasteiger partial charge in [-0.15, -0.1) is 0 Å². The molecule has 64 valence electrons. The van der Waals surface area contributed by atoms with Gasteiger partial charge in [-0.2, -0.15) is 0 Å². The minimum Gasteiger partial charge on any atom is -0.392 e. The van der Waals surface area contributed by atoms with Crippen LogP contribution in [0.25, 0.3) is 0 Å². The number of amides is 2. The number of rotatable bonds is 3. The van der Waals surface area contributed by atoms with Crippen molar-refractivity contribution in [1.82, 2.24) is 10.2 Å². The number of nitrogens with one attached hydrogen (secondary N) is 1. The average molecular weight is 175 g/mol. The van der Waals surface area contributed by atoms with Crippen LogP contribution in [0.3, 0.4) is 0 Å². The molecule has 0 heterocycles. The monoisotopic (exact) mass is 175 g/mol. The van der Waals surface area contributed by atoms with Gasteiger partial charge in [0.1, 0.15) is 0 Å². The van der Waals surface area contributed by atoms with Crippen molar-refractivity contribution in [2.24, 2.45) is 5.73 Å². The molecule has 0 rings (SSSR count). The molecular weight excluding hydrogens is 162 g/mol. The minimum atomic E-state index is -0.152. The number of thiocarbonyl (C=S) groups is 1. The van der Waals surface area contributed by atoms with Crippen molar-refractivity contribution in [2.75, 3.05) is 20.1 Å². The molecule has 0 aliphatic rings. The van der Waals surface area contributed by atoms with Crippen molar-refractivity contribution in [3.8, 4) is 0 Å². The Hall–Kier alpha value is -0.840. The number of urea groups is 1. The summed E-state index contributed by atoms with van der Waals surface area (Å²) in [6.07, 6.45) is 0. The van der Waals surface area contributed by atoms with Crippen molar-refractivity contribution >= 4 is 23.2 Å². The molecule has 5 heteroatoms. The number of nitrogens with zero attached hydrogens (tertiary/aromatic N) is 1.